The molecule has 1 heterocycles. The van der Waals surface area contributed by atoms with Crippen molar-refractivity contribution in [2.75, 3.05) is 17.1 Å². The van der Waals surface area contributed by atoms with Crippen LogP contribution < -0.4 is 4.31 Å². The van der Waals surface area contributed by atoms with Crippen molar-refractivity contribution in [3.8, 4) is 0 Å². The zero-order chi connectivity index (χ0) is 30.2. The lowest BCUT2D eigenvalue weighted by molar-refractivity contribution is -0.160. The van der Waals surface area contributed by atoms with E-state index in [4.69, 9.17) is 23.2 Å². The normalized spacial score (nSPS) is 23.4. The van der Waals surface area contributed by atoms with Crippen LogP contribution >= 0.6 is 23.2 Å². The van der Waals surface area contributed by atoms with Crippen LogP contribution in [0.3, 0.4) is 0 Å². The summed E-state index contributed by atoms with van der Waals surface area (Å²) >= 11 is 12.7. The minimum absolute atomic E-state index is 0.0504. The van der Waals surface area contributed by atoms with Gasteiger partial charge in [-0.25, -0.2) is 8.42 Å². The summed E-state index contributed by atoms with van der Waals surface area (Å²) in [5, 5.41) is 11.0. The average molecular weight is 630 g/mol. The van der Waals surface area contributed by atoms with Gasteiger partial charge in [0.2, 0.25) is 15.9 Å². The first-order valence-electron chi connectivity index (χ1n) is 14.0. The fourth-order valence-electron chi connectivity index (χ4n) is 6.39. The number of piperidine rings is 1. The highest BCUT2D eigenvalue weighted by molar-refractivity contribution is 7.92. The van der Waals surface area contributed by atoms with Gasteiger partial charge in [0, 0.05) is 16.0 Å². The maximum absolute atomic E-state index is 14.7. The van der Waals surface area contributed by atoms with E-state index in [1.807, 2.05) is 36.4 Å². The number of aliphatic carboxylic acids is 1. The molecule has 0 aromatic heterocycles. The predicted molar refractivity (Wildman–Crippen MR) is 165 cm³/mol. The maximum atomic E-state index is 14.7. The molecule has 0 spiro atoms. The third kappa shape index (κ3) is 6.46. The van der Waals surface area contributed by atoms with Crippen molar-refractivity contribution >= 4 is 50.8 Å². The summed E-state index contributed by atoms with van der Waals surface area (Å²) in [5.74, 6) is -1.60. The molecule has 1 amide bonds. The number of anilines is 1. The van der Waals surface area contributed by atoms with Crippen LogP contribution in [0.5, 0.6) is 0 Å². The molecule has 1 N–H and O–H groups in total. The van der Waals surface area contributed by atoms with Crippen LogP contribution in [0.25, 0.3) is 0 Å². The van der Waals surface area contributed by atoms with E-state index in [0.29, 0.717) is 15.7 Å². The second kappa shape index (κ2) is 11.9. The minimum atomic E-state index is -3.72. The average Bonchev–Trinajstić information content (AvgIpc) is 3.76. The largest absolute Gasteiger partial charge is 0.481 e. The summed E-state index contributed by atoms with van der Waals surface area (Å²) in [6.45, 7) is 1.76. The molecular weight excluding hydrogens is 595 g/mol. The zero-order valence-corrected chi connectivity index (χ0v) is 25.8. The summed E-state index contributed by atoms with van der Waals surface area (Å²) in [6, 6.07) is 22.6. The highest BCUT2D eigenvalue weighted by atomic mass is 35.5. The molecule has 3 aromatic rings. The van der Waals surface area contributed by atoms with E-state index >= 15 is 0 Å². The molecule has 2 unspecified atom stereocenters. The molecule has 3 aromatic carbocycles. The number of halogens is 2. The topological polar surface area (TPSA) is 95.0 Å². The molecule has 0 radical (unpaired) electrons. The molecule has 2 fully saturated rings. The number of sulfonamides is 1. The lowest BCUT2D eigenvalue weighted by Gasteiger charge is -2.52. The van der Waals surface area contributed by atoms with E-state index in [1.165, 1.54) is 10.6 Å². The minimum Gasteiger partial charge on any atom is -0.481 e. The molecule has 222 valence electrons. The van der Waals surface area contributed by atoms with Gasteiger partial charge in [-0.2, -0.15) is 0 Å². The van der Waals surface area contributed by atoms with Gasteiger partial charge in [-0.05, 0) is 72.7 Å². The molecule has 1 saturated carbocycles. The number of benzene rings is 3. The smallest absolute Gasteiger partial charge is 0.304 e. The number of hydrogen-bond acceptors (Lipinski definition) is 4. The standard InChI is InChI=1S/C32H34Cl2N2O5S/c1-32(19-29(37)38)18-27(23-7-6-8-25(34)17-23)30(22-13-15-24(33)16-14-22)36(31(32)39)28(21-11-12-21)20-35(42(2,40)41)26-9-4-3-5-10-26/h3-10,13-17,21,27-28,30H,11-12,18-20H2,1-2H3,(H,37,38)/t27?,28-,30?,32-/m1/s1. The Bertz CT molecular complexity index is 1560. The quantitative estimate of drug-likeness (QED) is 0.267. The Morgan fingerprint density at radius 2 is 1.67 bits per heavy atom. The van der Waals surface area contributed by atoms with E-state index in [9.17, 15) is 23.1 Å². The van der Waals surface area contributed by atoms with Crippen molar-refractivity contribution in [2.24, 2.45) is 11.3 Å². The number of carboxylic acids is 1. The Kier molecular flexibility index (Phi) is 8.61. The molecule has 0 bridgehead atoms. The first-order valence-corrected chi connectivity index (χ1v) is 16.6. The van der Waals surface area contributed by atoms with E-state index in [1.54, 1.807) is 54.3 Å². The summed E-state index contributed by atoms with van der Waals surface area (Å²) < 4.78 is 27.7. The molecule has 7 nitrogen and oxygen atoms in total. The summed E-state index contributed by atoms with van der Waals surface area (Å²) in [5.41, 5.74) is 1.01. The molecule has 42 heavy (non-hydrogen) atoms. The number of hydrogen-bond donors (Lipinski definition) is 1. The third-order valence-electron chi connectivity index (χ3n) is 8.45. The molecule has 10 heteroatoms. The van der Waals surface area contributed by atoms with Crippen LogP contribution in [-0.2, 0) is 19.6 Å². The van der Waals surface area contributed by atoms with Crippen molar-refractivity contribution < 1.29 is 23.1 Å². The number of para-hydroxylation sites is 1. The van der Waals surface area contributed by atoms with Crippen LogP contribution in [0.4, 0.5) is 5.69 Å². The second-order valence-corrected chi connectivity index (χ2v) is 14.5. The Morgan fingerprint density at radius 1 is 1.00 bits per heavy atom. The predicted octanol–water partition coefficient (Wildman–Crippen LogP) is 6.78. The molecule has 5 rings (SSSR count). The second-order valence-electron chi connectivity index (χ2n) is 11.7. The van der Waals surface area contributed by atoms with Crippen LogP contribution in [0, 0.1) is 11.3 Å². The van der Waals surface area contributed by atoms with Gasteiger partial charge < -0.3 is 10.0 Å². The Labute approximate surface area is 257 Å². The Hall–Kier alpha value is -3.07. The number of nitrogens with zero attached hydrogens (tertiary/aromatic N) is 2. The molecule has 1 saturated heterocycles. The van der Waals surface area contributed by atoms with Crippen LogP contribution in [-0.4, -0.2) is 49.1 Å². The highest BCUT2D eigenvalue weighted by Crippen LogP contribution is 2.54. The first kappa shape index (κ1) is 30.4. The first-order chi connectivity index (χ1) is 19.9. The van der Waals surface area contributed by atoms with Gasteiger partial charge in [0.25, 0.3) is 0 Å². The van der Waals surface area contributed by atoms with Gasteiger partial charge in [0.05, 0.1) is 42.4 Å². The van der Waals surface area contributed by atoms with Crippen molar-refractivity contribution in [2.45, 2.75) is 50.6 Å². The summed E-state index contributed by atoms with van der Waals surface area (Å²) in [6.07, 6.45) is 2.78. The van der Waals surface area contributed by atoms with E-state index in [-0.39, 0.29) is 37.1 Å². The maximum Gasteiger partial charge on any atom is 0.304 e. The van der Waals surface area contributed by atoms with E-state index in [0.717, 1.165) is 24.0 Å². The van der Waals surface area contributed by atoms with Gasteiger partial charge >= 0.3 is 5.97 Å². The molecule has 4 atom stereocenters. The monoisotopic (exact) mass is 628 g/mol. The fraction of sp³-hybridized carbons (Fsp3) is 0.375. The van der Waals surface area contributed by atoms with Crippen molar-refractivity contribution in [3.63, 3.8) is 0 Å². The van der Waals surface area contributed by atoms with Gasteiger partial charge in [0.1, 0.15) is 0 Å². The number of amides is 1. The highest BCUT2D eigenvalue weighted by Gasteiger charge is 2.55. The molecule has 1 aliphatic heterocycles. The Morgan fingerprint density at radius 3 is 2.24 bits per heavy atom. The van der Waals surface area contributed by atoms with Crippen molar-refractivity contribution in [1.29, 1.82) is 0 Å². The SMILES string of the molecule is C[C@]1(CC(=O)O)CC(c2cccc(Cl)c2)C(c2ccc(Cl)cc2)N([C@H](CN(c2ccccc2)S(C)(=O)=O)C2CC2)C1=O. The Balaban J connectivity index is 1.70. The van der Waals surface area contributed by atoms with Gasteiger partial charge in [-0.3, -0.25) is 13.9 Å². The molecular formula is C32H34Cl2N2O5S. The number of carbonyl (C=O) groups is 2. The lowest BCUT2D eigenvalue weighted by atomic mass is 9.67. The summed E-state index contributed by atoms with van der Waals surface area (Å²) in [4.78, 5) is 28.6. The van der Waals surface area contributed by atoms with Crippen LogP contribution in [0.2, 0.25) is 10.0 Å². The van der Waals surface area contributed by atoms with Crippen LogP contribution in [0.15, 0.2) is 78.9 Å². The fourth-order valence-corrected chi connectivity index (χ4v) is 7.64. The lowest BCUT2D eigenvalue weighted by Crippen LogP contribution is -2.59. The number of carbonyl (C=O) groups excluding carboxylic acids is 1. The summed E-state index contributed by atoms with van der Waals surface area (Å²) in [7, 11) is -3.72. The number of rotatable bonds is 10. The van der Waals surface area contributed by atoms with E-state index in [2.05, 4.69) is 0 Å². The van der Waals surface area contributed by atoms with Crippen molar-refractivity contribution in [3.05, 3.63) is 100 Å². The number of carboxylic acid groups (broad SMARTS) is 1. The van der Waals surface area contributed by atoms with Crippen LogP contribution in [0.1, 0.15) is 55.7 Å². The van der Waals surface area contributed by atoms with Gasteiger partial charge in [0.15, 0.2) is 0 Å². The number of likely N-dealkylation sites (tertiary alicyclic amines) is 1. The van der Waals surface area contributed by atoms with E-state index < -0.39 is 33.5 Å². The van der Waals surface area contributed by atoms with Gasteiger partial charge in [-0.1, -0.05) is 72.6 Å². The third-order valence-corrected chi connectivity index (χ3v) is 10.1. The van der Waals surface area contributed by atoms with Crippen molar-refractivity contribution in [1.82, 2.24) is 4.90 Å². The molecule has 1 aliphatic carbocycles. The van der Waals surface area contributed by atoms with Gasteiger partial charge in [-0.15, -0.1) is 0 Å². The molecule has 2 aliphatic rings. The zero-order valence-electron chi connectivity index (χ0n) is 23.5.